The molecule has 2 fully saturated rings. The Hall–Kier alpha value is -2.39. The van der Waals surface area contributed by atoms with E-state index in [1.807, 2.05) is 0 Å². The van der Waals surface area contributed by atoms with E-state index in [1.165, 1.54) is 51.4 Å². The van der Waals surface area contributed by atoms with E-state index in [9.17, 15) is 39.5 Å². The molecule has 2 aliphatic rings. The van der Waals surface area contributed by atoms with Crippen molar-refractivity contribution in [3.8, 4) is 5.75 Å². The van der Waals surface area contributed by atoms with Crippen molar-refractivity contribution in [3.63, 3.8) is 0 Å². The van der Waals surface area contributed by atoms with Crippen molar-refractivity contribution in [3.05, 3.63) is 64.2 Å². The van der Waals surface area contributed by atoms with Crippen LogP contribution >= 0.6 is 0 Å². The van der Waals surface area contributed by atoms with Crippen LogP contribution in [0, 0.1) is 41.0 Å². The molecule has 0 unspecified atom stereocenters. The first-order chi connectivity index (χ1) is 19.3. The molecule has 10 heteroatoms. The van der Waals surface area contributed by atoms with Gasteiger partial charge in [-0.2, -0.15) is 22.0 Å². The Labute approximate surface area is 234 Å². The van der Waals surface area contributed by atoms with E-state index in [2.05, 4.69) is 11.7 Å². The van der Waals surface area contributed by atoms with Crippen LogP contribution in [0.2, 0.25) is 0 Å². The zero-order valence-corrected chi connectivity index (χ0v) is 22.9. The molecule has 41 heavy (non-hydrogen) atoms. The molecule has 1 nitrogen and oxygen atoms in total. The van der Waals surface area contributed by atoms with Crippen molar-refractivity contribution in [2.45, 2.75) is 102 Å². The minimum absolute atomic E-state index is 0.110. The van der Waals surface area contributed by atoms with Crippen molar-refractivity contribution in [1.29, 1.82) is 0 Å². The maximum atomic E-state index is 14.9. The maximum absolute atomic E-state index is 14.9. The van der Waals surface area contributed by atoms with Gasteiger partial charge in [0.25, 0.3) is 0 Å². The van der Waals surface area contributed by atoms with Gasteiger partial charge in [0.2, 0.25) is 0 Å². The lowest BCUT2D eigenvalue weighted by Gasteiger charge is -2.38. The number of hydrogen-bond donors (Lipinski definition) is 0. The molecule has 0 spiro atoms. The first-order valence-corrected chi connectivity index (χ1v) is 14.4. The fraction of sp³-hybridized carbons (Fsp3) is 0.613. The number of alkyl halides is 5. The van der Waals surface area contributed by atoms with E-state index in [0.717, 1.165) is 30.9 Å². The monoisotopic (exact) mass is 594 g/mol. The summed E-state index contributed by atoms with van der Waals surface area (Å²) in [6.45, 7) is 2.20. The molecule has 0 bridgehead atoms. The molecule has 0 N–H and O–H groups in total. The molecule has 2 aromatic carbocycles. The minimum Gasteiger partial charge on any atom is -0.429 e. The van der Waals surface area contributed by atoms with Gasteiger partial charge >= 0.3 is 12.3 Å². The van der Waals surface area contributed by atoms with Gasteiger partial charge in [0.1, 0.15) is 40.1 Å². The Kier molecular flexibility index (Phi) is 9.89. The Morgan fingerprint density at radius 2 is 1.15 bits per heavy atom. The van der Waals surface area contributed by atoms with Crippen LogP contribution in [0.5, 0.6) is 5.75 Å². The lowest BCUT2D eigenvalue weighted by Crippen LogP contribution is -2.27. The SMILES string of the molecule is CCCCC[C@H]1CC[C@H]([C@H]2CC[C@H](c3cc(F)c(C(F)(F)Oc4cc(F)c(C(F)(F)F)c(F)c4)c(F)c3)CC2)CC1. The molecule has 2 aliphatic carbocycles. The van der Waals surface area contributed by atoms with Crippen molar-refractivity contribution in [1.82, 2.24) is 0 Å². The van der Waals surface area contributed by atoms with Crippen molar-refractivity contribution in [2.24, 2.45) is 17.8 Å². The zero-order valence-electron chi connectivity index (χ0n) is 22.9. The summed E-state index contributed by atoms with van der Waals surface area (Å²) in [5.41, 5.74) is -3.84. The second-order valence-corrected chi connectivity index (χ2v) is 11.6. The van der Waals surface area contributed by atoms with Crippen molar-refractivity contribution >= 4 is 0 Å². The highest BCUT2D eigenvalue weighted by atomic mass is 19.4. The highest BCUT2D eigenvalue weighted by Gasteiger charge is 2.43. The summed E-state index contributed by atoms with van der Waals surface area (Å²) in [4.78, 5) is 0. The molecule has 4 rings (SSSR count). The molecule has 0 radical (unpaired) electrons. The van der Waals surface area contributed by atoms with E-state index in [1.54, 1.807) is 0 Å². The van der Waals surface area contributed by atoms with E-state index in [0.29, 0.717) is 24.7 Å². The van der Waals surface area contributed by atoms with E-state index in [4.69, 9.17) is 0 Å². The first-order valence-electron chi connectivity index (χ1n) is 14.4. The van der Waals surface area contributed by atoms with Crippen LogP contribution in [0.1, 0.15) is 107 Å². The summed E-state index contributed by atoms with van der Waals surface area (Å²) in [5.74, 6) is -7.19. The van der Waals surface area contributed by atoms with Gasteiger partial charge in [0, 0.05) is 12.1 Å². The van der Waals surface area contributed by atoms with Gasteiger partial charge in [0.15, 0.2) is 0 Å². The normalized spacial score (nSPS) is 24.0. The van der Waals surface area contributed by atoms with E-state index >= 15 is 0 Å². The Morgan fingerprint density at radius 3 is 1.63 bits per heavy atom. The summed E-state index contributed by atoms with van der Waals surface area (Å²) in [7, 11) is 0. The third kappa shape index (κ3) is 7.53. The third-order valence-electron chi connectivity index (χ3n) is 8.92. The summed E-state index contributed by atoms with van der Waals surface area (Å²) in [6.07, 6.45) is 2.93. The Balaban J connectivity index is 1.39. The molecule has 0 aliphatic heterocycles. The number of hydrogen-bond acceptors (Lipinski definition) is 1. The molecule has 0 aromatic heterocycles. The van der Waals surface area contributed by atoms with Gasteiger partial charge in [-0.15, -0.1) is 0 Å². The average Bonchev–Trinajstić information content (AvgIpc) is 2.87. The Bertz CT molecular complexity index is 1130. The van der Waals surface area contributed by atoms with Crippen LogP contribution in [0.15, 0.2) is 24.3 Å². The molecule has 0 atom stereocenters. The van der Waals surface area contributed by atoms with Crippen LogP contribution in [-0.2, 0) is 12.3 Å². The van der Waals surface area contributed by atoms with Crippen molar-refractivity contribution < 1.29 is 44.3 Å². The first kappa shape index (κ1) is 31.5. The smallest absolute Gasteiger partial charge is 0.429 e. The third-order valence-corrected chi connectivity index (χ3v) is 8.92. The van der Waals surface area contributed by atoms with Crippen LogP contribution in [0.3, 0.4) is 0 Å². The standard InChI is InChI=1S/C31H35F9O/c1-2-3-4-5-18-6-8-19(9-7-18)20-10-12-21(13-11-20)22-14-24(32)29(25(33)15-22)31(39,40)41-23-16-26(34)28(27(35)17-23)30(36,37)38/h14-21H,2-13H2,1H3/t18-,19-,20-,21-. The predicted octanol–water partition coefficient (Wildman–Crippen LogP) is 11.1. The van der Waals surface area contributed by atoms with Gasteiger partial charge in [-0.1, -0.05) is 45.4 Å². The number of ether oxygens (including phenoxy) is 1. The van der Waals surface area contributed by atoms with Crippen LogP contribution in [-0.4, -0.2) is 0 Å². The summed E-state index contributed by atoms with van der Waals surface area (Å²) < 4.78 is 129. The lowest BCUT2D eigenvalue weighted by molar-refractivity contribution is -0.189. The molecule has 0 heterocycles. The van der Waals surface area contributed by atoms with E-state index < -0.39 is 52.4 Å². The number of halogens is 9. The summed E-state index contributed by atoms with van der Waals surface area (Å²) in [5, 5.41) is 0. The fourth-order valence-electron chi connectivity index (χ4n) is 6.74. The minimum atomic E-state index is -5.42. The lowest BCUT2D eigenvalue weighted by atomic mass is 9.68. The van der Waals surface area contributed by atoms with Gasteiger partial charge in [0.05, 0.1) is 0 Å². The predicted molar refractivity (Wildman–Crippen MR) is 137 cm³/mol. The van der Waals surface area contributed by atoms with Gasteiger partial charge in [-0.3, -0.25) is 0 Å². The van der Waals surface area contributed by atoms with Gasteiger partial charge in [-0.05, 0) is 79.9 Å². The highest BCUT2D eigenvalue weighted by Crippen LogP contribution is 2.46. The topological polar surface area (TPSA) is 9.23 Å². The van der Waals surface area contributed by atoms with Gasteiger partial charge < -0.3 is 4.74 Å². The largest absolute Gasteiger partial charge is 0.432 e. The fourth-order valence-corrected chi connectivity index (χ4v) is 6.74. The maximum Gasteiger partial charge on any atom is 0.432 e. The molecule has 0 saturated heterocycles. The number of rotatable bonds is 9. The van der Waals surface area contributed by atoms with Crippen molar-refractivity contribution in [2.75, 3.05) is 0 Å². The van der Waals surface area contributed by atoms with Crippen LogP contribution in [0.25, 0.3) is 0 Å². The average molecular weight is 595 g/mol. The molecule has 228 valence electrons. The molecule has 2 saturated carbocycles. The molecule has 0 amide bonds. The Morgan fingerprint density at radius 1 is 0.659 bits per heavy atom. The second-order valence-electron chi connectivity index (χ2n) is 11.6. The zero-order chi connectivity index (χ0) is 29.9. The van der Waals surface area contributed by atoms with E-state index in [-0.39, 0.29) is 23.6 Å². The highest BCUT2D eigenvalue weighted by molar-refractivity contribution is 5.35. The quantitative estimate of drug-likeness (QED) is 0.207. The van der Waals surface area contributed by atoms with Crippen LogP contribution < -0.4 is 4.74 Å². The molecule has 2 aromatic rings. The molecular weight excluding hydrogens is 559 g/mol. The van der Waals surface area contributed by atoms with Crippen LogP contribution in [0.4, 0.5) is 39.5 Å². The number of unbranched alkanes of at least 4 members (excludes halogenated alkanes) is 2. The summed E-state index contributed by atoms with van der Waals surface area (Å²) >= 11 is 0. The van der Waals surface area contributed by atoms with Gasteiger partial charge in [-0.25, -0.2) is 17.6 Å². The number of benzene rings is 2. The second kappa shape index (κ2) is 12.9. The summed E-state index contributed by atoms with van der Waals surface area (Å²) in [6, 6.07) is 1.41. The molecular formula is C31H35F9O.